The molecule has 10 heteroatoms. The lowest BCUT2D eigenvalue weighted by molar-refractivity contribution is 0.354. The molecule has 3 aromatic rings. The van der Waals surface area contributed by atoms with Crippen LogP contribution in [0.4, 0.5) is 10.7 Å². The van der Waals surface area contributed by atoms with Crippen molar-refractivity contribution in [1.82, 2.24) is 9.55 Å². The van der Waals surface area contributed by atoms with Crippen molar-refractivity contribution in [3.8, 4) is 34.3 Å². The largest absolute Gasteiger partial charge is 0.493 e. The number of halogens is 2. The number of nitrogen functional groups attached to an aromatic ring is 1. The lowest BCUT2D eigenvalue weighted by atomic mass is 10.00. The number of aromatic nitrogens is 2. The summed E-state index contributed by atoms with van der Waals surface area (Å²) in [6, 6.07) is 8.06. The fraction of sp³-hybridized carbons (Fsp3) is 0.429. The number of aliphatic imine (C=N–C) groups is 1. The number of alkyl halides is 1. The zero-order valence-electron chi connectivity index (χ0n) is 21.7. The number of hydrogen-bond acceptors (Lipinski definition) is 7. The number of anilines is 1. The fourth-order valence-electron chi connectivity index (χ4n) is 4.71. The lowest BCUT2D eigenvalue weighted by Gasteiger charge is -2.13. The first-order chi connectivity index (χ1) is 17.5. The Labute approximate surface area is 229 Å². The molecule has 8 nitrogen and oxygen atoms in total. The van der Waals surface area contributed by atoms with Crippen molar-refractivity contribution >= 4 is 23.3 Å². The maximum absolute atomic E-state index is 5.95. The van der Waals surface area contributed by atoms with E-state index in [0.29, 0.717) is 11.8 Å². The Morgan fingerprint density at radius 2 is 1.37 bits per heavy atom. The molecular weight excluding hydrogens is 511 g/mol. The van der Waals surface area contributed by atoms with E-state index in [1.165, 1.54) is 11.1 Å². The molecule has 2 aliphatic rings. The van der Waals surface area contributed by atoms with E-state index in [1.54, 1.807) is 28.4 Å². The van der Waals surface area contributed by atoms with E-state index in [-0.39, 0.29) is 12.1 Å². The standard InChI is InChI=1S/C14H17N3O2.C13H16ClNO2.CH4.FH/c1-18-12-6-9-4-3-5-17-11(8-16-14(17)15)10(9)7-13(12)19-2;1-16-12-6-9-4-3-5-15-11(8-14)10(9)7-13(12)17-2;;/h6-8H,3-5H2,1-2H3,(H2,15,16);6-7H,3-5,8H2,1-2H3;1H4;1H. The van der Waals surface area contributed by atoms with Gasteiger partial charge in [0.05, 0.1) is 51.9 Å². The van der Waals surface area contributed by atoms with Gasteiger partial charge in [0.1, 0.15) is 0 Å². The third-order valence-corrected chi connectivity index (χ3v) is 6.81. The van der Waals surface area contributed by atoms with Crippen molar-refractivity contribution in [2.24, 2.45) is 4.99 Å². The Morgan fingerprint density at radius 1 is 0.842 bits per heavy atom. The summed E-state index contributed by atoms with van der Waals surface area (Å²) in [4.78, 5) is 8.71. The summed E-state index contributed by atoms with van der Waals surface area (Å²) >= 11 is 5.95. The van der Waals surface area contributed by atoms with Crippen LogP contribution >= 0.6 is 11.6 Å². The van der Waals surface area contributed by atoms with Gasteiger partial charge in [-0.3, -0.25) is 9.70 Å². The quantitative estimate of drug-likeness (QED) is 0.419. The van der Waals surface area contributed by atoms with E-state index >= 15 is 0 Å². The van der Waals surface area contributed by atoms with E-state index in [1.807, 2.05) is 30.5 Å². The van der Waals surface area contributed by atoms with Gasteiger partial charge in [0, 0.05) is 24.2 Å². The van der Waals surface area contributed by atoms with Gasteiger partial charge in [-0.15, -0.1) is 11.6 Å². The van der Waals surface area contributed by atoms with E-state index in [4.69, 9.17) is 36.3 Å². The molecule has 2 aromatic carbocycles. The summed E-state index contributed by atoms with van der Waals surface area (Å²) in [5.74, 6) is 3.99. The van der Waals surface area contributed by atoms with Crippen LogP contribution in [0.15, 0.2) is 35.5 Å². The minimum absolute atomic E-state index is 0. The summed E-state index contributed by atoms with van der Waals surface area (Å²) in [6.07, 6.45) is 5.90. The first-order valence-electron chi connectivity index (χ1n) is 11.9. The highest BCUT2D eigenvalue weighted by Gasteiger charge is 2.20. The number of benzene rings is 2. The molecule has 1 aromatic heterocycles. The number of methoxy groups -OCH3 is 4. The number of ether oxygens (including phenoxy) is 4. The highest BCUT2D eigenvalue weighted by atomic mass is 35.5. The normalized spacial score (nSPS) is 13.2. The van der Waals surface area contributed by atoms with Crippen LogP contribution in [-0.4, -0.2) is 56.1 Å². The summed E-state index contributed by atoms with van der Waals surface area (Å²) in [7, 11) is 6.59. The zero-order chi connectivity index (χ0) is 25.7. The molecule has 0 fully saturated rings. The molecule has 3 heterocycles. The third kappa shape index (κ3) is 6.15. The zero-order valence-corrected chi connectivity index (χ0v) is 22.4. The maximum Gasteiger partial charge on any atom is 0.200 e. The van der Waals surface area contributed by atoms with Crippen LogP contribution in [0.3, 0.4) is 0 Å². The van der Waals surface area contributed by atoms with Crippen LogP contribution in [-0.2, 0) is 19.4 Å². The van der Waals surface area contributed by atoms with Crippen LogP contribution in [0.1, 0.15) is 37.0 Å². The molecule has 0 bridgehead atoms. The molecule has 0 atom stereocenters. The van der Waals surface area contributed by atoms with Crippen LogP contribution in [0.2, 0.25) is 0 Å². The van der Waals surface area contributed by atoms with Crippen molar-refractivity contribution in [1.29, 1.82) is 0 Å². The van der Waals surface area contributed by atoms with Crippen molar-refractivity contribution in [2.45, 2.75) is 39.7 Å². The molecule has 2 N–H and O–H groups in total. The topological polar surface area (TPSA) is 93.1 Å². The Bertz CT molecular complexity index is 1260. The van der Waals surface area contributed by atoms with E-state index < -0.39 is 0 Å². The Kier molecular flexibility index (Phi) is 11.3. The first-order valence-corrected chi connectivity index (χ1v) is 12.5. The number of nitrogens with two attached hydrogens (primary N) is 1. The van der Waals surface area contributed by atoms with Gasteiger partial charge in [0.2, 0.25) is 5.95 Å². The van der Waals surface area contributed by atoms with Crippen LogP contribution in [0.25, 0.3) is 11.3 Å². The molecule has 0 saturated heterocycles. The number of fused-ring (bicyclic) bond motifs is 4. The highest BCUT2D eigenvalue weighted by molar-refractivity contribution is 6.32. The number of aryl methyl sites for hydroxylation is 2. The molecule has 5 rings (SSSR count). The van der Waals surface area contributed by atoms with Gasteiger partial charge in [0.15, 0.2) is 23.0 Å². The minimum atomic E-state index is 0. The third-order valence-electron chi connectivity index (χ3n) is 6.55. The van der Waals surface area contributed by atoms with Crippen molar-refractivity contribution in [2.75, 3.05) is 46.6 Å². The monoisotopic (exact) mass is 548 g/mol. The molecule has 0 aliphatic carbocycles. The first kappa shape index (κ1) is 30.8. The highest BCUT2D eigenvalue weighted by Crippen LogP contribution is 2.38. The van der Waals surface area contributed by atoms with E-state index in [9.17, 15) is 0 Å². The second-order valence-corrected chi connectivity index (χ2v) is 8.82. The SMILES string of the molecule is C.COc1cc2c(cc1OC)-c1cnc(N)n1CCC2.COc1cc2c(cc1OC)C(CCl)=NCCC2.F. The molecule has 0 radical (unpaired) electrons. The average molecular weight is 549 g/mol. The smallest absolute Gasteiger partial charge is 0.200 e. The molecule has 0 unspecified atom stereocenters. The number of hydrogen-bond donors (Lipinski definition) is 1. The minimum Gasteiger partial charge on any atom is -0.493 e. The van der Waals surface area contributed by atoms with Gasteiger partial charge in [-0.05, 0) is 61.1 Å². The number of nitrogens with zero attached hydrogens (tertiary/aromatic N) is 3. The van der Waals surface area contributed by atoms with Gasteiger partial charge < -0.3 is 29.2 Å². The van der Waals surface area contributed by atoms with Crippen molar-refractivity contribution < 1.29 is 23.7 Å². The number of imidazole rings is 1. The van der Waals surface area contributed by atoms with Crippen LogP contribution in [0.5, 0.6) is 23.0 Å². The lowest BCUT2D eigenvalue weighted by Crippen LogP contribution is -2.06. The number of rotatable bonds is 5. The fourth-order valence-corrected chi connectivity index (χ4v) is 4.94. The Morgan fingerprint density at radius 3 is 1.95 bits per heavy atom. The van der Waals surface area contributed by atoms with Gasteiger partial charge in [-0.25, -0.2) is 4.98 Å². The predicted molar refractivity (Wildman–Crippen MR) is 153 cm³/mol. The second kappa shape index (κ2) is 13.9. The average Bonchev–Trinajstić information content (AvgIpc) is 3.07. The summed E-state index contributed by atoms with van der Waals surface area (Å²) < 4.78 is 23.4. The van der Waals surface area contributed by atoms with E-state index in [2.05, 4.69) is 14.5 Å². The van der Waals surface area contributed by atoms with Crippen LogP contribution < -0.4 is 24.7 Å². The molecule has 0 saturated carbocycles. The second-order valence-electron chi connectivity index (χ2n) is 8.55. The summed E-state index contributed by atoms with van der Waals surface area (Å²) in [6.45, 7) is 1.72. The van der Waals surface area contributed by atoms with Crippen LogP contribution in [0, 0.1) is 0 Å². The molecule has 2 aliphatic heterocycles. The Balaban J connectivity index is 0.000000255. The molecule has 0 amide bonds. The molecule has 0 spiro atoms. The van der Waals surface area contributed by atoms with E-state index in [0.717, 1.165) is 84.3 Å². The van der Waals surface area contributed by atoms with Gasteiger partial charge in [-0.2, -0.15) is 0 Å². The van der Waals surface area contributed by atoms with Crippen molar-refractivity contribution in [3.05, 3.63) is 47.2 Å². The van der Waals surface area contributed by atoms with Crippen molar-refractivity contribution in [3.63, 3.8) is 0 Å². The molecule has 38 heavy (non-hydrogen) atoms. The van der Waals surface area contributed by atoms with Gasteiger partial charge in [0.25, 0.3) is 0 Å². The predicted octanol–water partition coefficient (Wildman–Crippen LogP) is 5.56. The van der Waals surface area contributed by atoms with Gasteiger partial charge >= 0.3 is 0 Å². The summed E-state index contributed by atoms with van der Waals surface area (Å²) in [5, 5.41) is 0. The maximum atomic E-state index is 5.95. The molecular formula is C28H38ClFN4O4. The summed E-state index contributed by atoms with van der Waals surface area (Å²) in [5.41, 5.74) is 12.6. The molecule has 208 valence electrons. The Hall–Kier alpha value is -3.46. The van der Waals surface area contributed by atoms with Gasteiger partial charge in [-0.1, -0.05) is 7.43 Å².